The standard InChI is InChI=1S/C35H36F3N3O11S/c1-15-7-18-8-34(11-39)12-40(4)24(21(18)29(26(15)46-6)48-13-45-5)25-31-23-22(30-28(49-14-50-30)16(2)27(23)51-17(3)42)19(41(25)34)9-47-32(43)20(10-53-31)52-33(44)35(36,37)38/h7,19-20,24-25,31H,8-10,12-14H2,1-6H3/t19-,20-,24+,25?,31+,34-/m0/s1. The molecule has 0 amide bonds. The third kappa shape index (κ3) is 5.79. The molecule has 2 fully saturated rings. The molecule has 7 atom stereocenters. The lowest BCUT2D eigenvalue weighted by Gasteiger charge is -2.60. The maximum Gasteiger partial charge on any atom is 0.490 e. The lowest BCUT2D eigenvalue weighted by molar-refractivity contribution is -0.207. The van der Waals surface area contributed by atoms with Gasteiger partial charge in [-0.05, 0) is 32.0 Å². The van der Waals surface area contributed by atoms with E-state index in [-0.39, 0.29) is 32.3 Å². The number of hydrogen-bond donors (Lipinski definition) is 0. The Morgan fingerprint density at radius 1 is 1.09 bits per heavy atom. The lowest BCUT2D eigenvalue weighted by atomic mass is 9.76. The first kappa shape index (κ1) is 36.9. The van der Waals surface area contributed by atoms with Crippen molar-refractivity contribution in [1.82, 2.24) is 9.80 Å². The fourth-order valence-electron chi connectivity index (χ4n) is 8.57. The summed E-state index contributed by atoms with van der Waals surface area (Å²) in [5.41, 5.74) is 2.27. The maximum absolute atomic E-state index is 13.5. The average molecular weight is 764 g/mol. The average Bonchev–Trinajstić information content (AvgIpc) is 3.51. The van der Waals surface area contributed by atoms with Gasteiger partial charge in [-0.15, -0.1) is 11.8 Å². The Bertz CT molecular complexity index is 1940. The zero-order chi connectivity index (χ0) is 38.1. The molecule has 0 aliphatic carbocycles. The highest BCUT2D eigenvalue weighted by atomic mass is 32.2. The number of carbonyl (C=O) groups is 3. The number of benzene rings is 2. The molecule has 6 heterocycles. The first-order valence-corrected chi connectivity index (χ1v) is 17.6. The molecule has 284 valence electrons. The van der Waals surface area contributed by atoms with Crippen LogP contribution in [0.5, 0.6) is 28.7 Å². The van der Waals surface area contributed by atoms with E-state index < -0.39 is 71.5 Å². The van der Waals surface area contributed by atoms with Gasteiger partial charge in [-0.3, -0.25) is 14.6 Å². The molecule has 6 aliphatic heterocycles. The fourth-order valence-corrected chi connectivity index (χ4v) is 10.0. The van der Waals surface area contributed by atoms with Crippen molar-refractivity contribution in [3.05, 3.63) is 39.4 Å². The number of thioether (sulfide) groups is 1. The second-order valence-electron chi connectivity index (χ2n) is 13.5. The predicted molar refractivity (Wildman–Crippen MR) is 177 cm³/mol. The van der Waals surface area contributed by atoms with Crippen LogP contribution < -0.4 is 23.7 Å². The number of nitrogens with zero attached hydrogens (tertiary/aromatic N) is 3. The number of rotatable bonds is 6. The summed E-state index contributed by atoms with van der Waals surface area (Å²) in [6.45, 7) is 4.20. The van der Waals surface area contributed by atoms with Crippen LogP contribution in [0, 0.1) is 25.2 Å². The normalized spacial score (nSPS) is 28.4. The summed E-state index contributed by atoms with van der Waals surface area (Å²) in [5, 5.41) is 10.4. The van der Waals surface area contributed by atoms with Crippen LogP contribution >= 0.6 is 11.8 Å². The van der Waals surface area contributed by atoms with E-state index in [0.29, 0.717) is 45.3 Å². The van der Waals surface area contributed by atoms with Gasteiger partial charge in [0.25, 0.3) is 0 Å². The Morgan fingerprint density at radius 3 is 2.49 bits per heavy atom. The van der Waals surface area contributed by atoms with E-state index >= 15 is 0 Å². The van der Waals surface area contributed by atoms with E-state index in [1.165, 1.54) is 21.1 Å². The van der Waals surface area contributed by atoms with Crippen LogP contribution in [0.15, 0.2) is 6.07 Å². The molecule has 2 unspecified atom stereocenters. The van der Waals surface area contributed by atoms with Gasteiger partial charge in [0, 0.05) is 61.0 Å². The molecule has 0 radical (unpaired) electrons. The van der Waals surface area contributed by atoms with Gasteiger partial charge in [-0.25, -0.2) is 9.59 Å². The number of ether oxygens (including phenoxy) is 8. The van der Waals surface area contributed by atoms with Gasteiger partial charge in [0.1, 0.15) is 17.9 Å². The van der Waals surface area contributed by atoms with Crippen LogP contribution in [0.25, 0.3) is 0 Å². The number of cyclic esters (lactones) is 1. The molecule has 18 heteroatoms. The van der Waals surface area contributed by atoms with Gasteiger partial charge < -0.3 is 37.9 Å². The molecule has 6 aliphatic rings. The number of methoxy groups -OCH3 is 2. The molecular weight excluding hydrogens is 727 g/mol. The summed E-state index contributed by atoms with van der Waals surface area (Å²) in [6.07, 6.45) is -7.13. The second kappa shape index (κ2) is 13.4. The number of halogens is 3. The van der Waals surface area contributed by atoms with Crippen molar-refractivity contribution in [2.45, 2.75) is 68.4 Å². The highest BCUT2D eigenvalue weighted by Gasteiger charge is 2.63. The summed E-state index contributed by atoms with van der Waals surface area (Å²) in [6, 6.07) is 2.21. The van der Waals surface area contributed by atoms with Gasteiger partial charge in [0.2, 0.25) is 12.9 Å². The number of esters is 3. The summed E-state index contributed by atoms with van der Waals surface area (Å²) >= 11 is 1.01. The van der Waals surface area contributed by atoms with Crippen LogP contribution in [-0.4, -0.2) is 105 Å². The van der Waals surface area contributed by atoms with E-state index in [9.17, 15) is 32.8 Å². The van der Waals surface area contributed by atoms with E-state index in [1.807, 2.05) is 29.8 Å². The molecule has 14 nitrogen and oxygen atoms in total. The minimum atomic E-state index is -5.37. The molecule has 2 aromatic rings. The first-order valence-electron chi connectivity index (χ1n) is 16.6. The SMILES string of the molecule is COCOc1c(OC)c(C)cc2c1[C@@H]1C3[C@@H]4SC[C@H](OC(=O)C(F)(F)F)C(=O)OC[C@@H](c5c6c(c(C)c(OC(C)=O)c54)OCO6)N3[C@](C#N)(C2)CN1C. The molecule has 8 rings (SSSR count). The molecule has 0 aromatic heterocycles. The fraction of sp³-hybridized carbons (Fsp3) is 0.543. The third-order valence-corrected chi connectivity index (χ3v) is 11.7. The van der Waals surface area contributed by atoms with Crippen LogP contribution in [0.4, 0.5) is 13.2 Å². The lowest BCUT2D eigenvalue weighted by Crippen LogP contribution is -2.69. The highest BCUT2D eigenvalue weighted by molar-refractivity contribution is 7.99. The zero-order valence-electron chi connectivity index (χ0n) is 29.6. The van der Waals surface area contributed by atoms with Crippen LogP contribution in [0.3, 0.4) is 0 Å². The molecule has 2 aromatic carbocycles. The Morgan fingerprint density at radius 2 is 1.83 bits per heavy atom. The molecule has 0 N–H and O–H groups in total. The third-order valence-electron chi connectivity index (χ3n) is 10.3. The van der Waals surface area contributed by atoms with Gasteiger partial charge in [0.15, 0.2) is 29.8 Å². The number of piperazine rings is 1. The second-order valence-corrected chi connectivity index (χ2v) is 14.7. The molecule has 4 bridgehead atoms. The number of nitriles is 1. The number of carbonyl (C=O) groups excluding carboxylic acids is 3. The van der Waals surface area contributed by atoms with E-state index in [4.69, 9.17) is 37.9 Å². The van der Waals surface area contributed by atoms with Crippen LogP contribution in [0.2, 0.25) is 0 Å². The topological polar surface area (TPSA) is 155 Å². The Balaban J connectivity index is 1.54. The van der Waals surface area contributed by atoms with Gasteiger partial charge >= 0.3 is 24.1 Å². The number of fused-ring (bicyclic) bond motifs is 6. The monoisotopic (exact) mass is 763 g/mol. The largest absolute Gasteiger partial charge is 0.493 e. The molecule has 0 spiro atoms. The smallest absolute Gasteiger partial charge is 0.490 e. The zero-order valence-corrected chi connectivity index (χ0v) is 30.4. The van der Waals surface area contributed by atoms with E-state index in [2.05, 4.69) is 6.07 Å². The Kier molecular flexibility index (Phi) is 9.36. The van der Waals surface area contributed by atoms with Gasteiger partial charge in [-0.1, -0.05) is 6.07 Å². The Labute approximate surface area is 306 Å². The number of aryl methyl sites for hydroxylation is 1. The molecule has 0 saturated carbocycles. The Hall–Kier alpha value is -4.44. The number of likely N-dealkylation sites (N-methyl/N-ethyl adjacent to an activating group) is 1. The molecule has 53 heavy (non-hydrogen) atoms. The molecular formula is C35H36F3N3O11S. The van der Waals surface area contributed by atoms with Crippen molar-refractivity contribution in [2.75, 3.05) is 53.8 Å². The van der Waals surface area contributed by atoms with Crippen molar-refractivity contribution in [3.63, 3.8) is 0 Å². The van der Waals surface area contributed by atoms with Crippen molar-refractivity contribution in [2.24, 2.45) is 0 Å². The highest BCUT2D eigenvalue weighted by Crippen LogP contribution is 2.65. The minimum Gasteiger partial charge on any atom is -0.493 e. The van der Waals surface area contributed by atoms with Crippen LogP contribution in [0.1, 0.15) is 57.6 Å². The summed E-state index contributed by atoms with van der Waals surface area (Å²) in [7, 11) is 4.85. The van der Waals surface area contributed by atoms with Crippen molar-refractivity contribution >= 4 is 29.7 Å². The number of alkyl halides is 3. The van der Waals surface area contributed by atoms with Crippen molar-refractivity contribution in [1.29, 1.82) is 5.26 Å². The maximum atomic E-state index is 13.5. The predicted octanol–water partition coefficient (Wildman–Crippen LogP) is 3.98. The van der Waals surface area contributed by atoms with Crippen LogP contribution in [-0.2, 0) is 35.0 Å². The van der Waals surface area contributed by atoms with Gasteiger partial charge in [0.05, 0.1) is 30.5 Å². The quantitative estimate of drug-likeness (QED) is 0.237. The van der Waals surface area contributed by atoms with Crippen molar-refractivity contribution in [3.8, 4) is 34.8 Å². The van der Waals surface area contributed by atoms with E-state index in [1.54, 1.807) is 6.92 Å². The summed E-state index contributed by atoms with van der Waals surface area (Å²) < 4.78 is 86.0. The minimum absolute atomic E-state index is 0.133. The molecule has 2 saturated heterocycles. The first-order chi connectivity index (χ1) is 25.2. The summed E-state index contributed by atoms with van der Waals surface area (Å²) in [5.74, 6) is -3.29. The van der Waals surface area contributed by atoms with Crippen molar-refractivity contribution < 1.29 is 65.4 Å². The number of hydrogen-bond acceptors (Lipinski definition) is 15. The van der Waals surface area contributed by atoms with E-state index in [0.717, 1.165) is 22.9 Å². The summed E-state index contributed by atoms with van der Waals surface area (Å²) in [4.78, 5) is 42.3. The van der Waals surface area contributed by atoms with Gasteiger partial charge in [-0.2, -0.15) is 18.4 Å².